The molecule has 0 radical (unpaired) electrons. The normalized spacial score (nSPS) is 13.8. The summed E-state index contributed by atoms with van der Waals surface area (Å²) in [7, 11) is -4.08. The van der Waals surface area contributed by atoms with Gasteiger partial charge in [-0.1, -0.05) is 6.58 Å². The lowest BCUT2D eigenvalue weighted by Gasteiger charge is -2.09. The summed E-state index contributed by atoms with van der Waals surface area (Å²) < 4.78 is 20.0. The van der Waals surface area contributed by atoms with Crippen molar-refractivity contribution in [2.24, 2.45) is 0 Å². The number of carbonyl (C=O) groups excluding carboxylic acids is 1. The number of hydrogen-bond acceptors (Lipinski definition) is 5. The molecule has 0 saturated carbocycles. The summed E-state index contributed by atoms with van der Waals surface area (Å²) in [6.45, 7) is 3.03. The van der Waals surface area contributed by atoms with Gasteiger partial charge in [0.1, 0.15) is 6.16 Å². The first-order valence-electron chi connectivity index (χ1n) is 4.35. The molecule has 2 N–H and O–H groups in total. The minimum atomic E-state index is -4.08. The van der Waals surface area contributed by atoms with Gasteiger partial charge in [0, 0.05) is 12.5 Å². The molecule has 0 aliphatic heterocycles. The first-order valence-corrected chi connectivity index (χ1v) is 6.11. The van der Waals surface area contributed by atoms with Gasteiger partial charge in [0.25, 0.3) is 0 Å². The van der Waals surface area contributed by atoms with Crippen LogP contribution in [0.3, 0.4) is 0 Å². The van der Waals surface area contributed by atoms with Crippen LogP contribution in [0.15, 0.2) is 12.7 Å². The second-order valence-electron chi connectivity index (χ2n) is 2.75. The van der Waals surface area contributed by atoms with Crippen LogP contribution in [-0.2, 0) is 23.4 Å². The van der Waals surface area contributed by atoms with Crippen LogP contribution in [0.4, 0.5) is 0 Å². The molecule has 8 heteroatoms. The van der Waals surface area contributed by atoms with E-state index in [-0.39, 0.29) is 19.6 Å². The van der Waals surface area contributed by atoms with Gasteiger partial charge in [-0.15, -0.1) is 0 Å². The highest BCUT2D eigenvalue weighted by molar-refractivity contribution is 7.53. The zero-order chi connectivity index (χ0) is 12.6. The van der Waals surface area contributed by atoms with E-state index in [1.54, 1.807) is 0 Å². The van der Waals surface area contributed by atoms with Gasteiger partial charge < -0.3 is 19.3 Å². The second-order valence-corrected chi connectivity index (χ2v) is 4.60. The van der Waals surface area contributed by atoms with Crippen LogP contribution in [0, 0.1) is 0 Å². The zero-order valence-corrected chi connectivity index (χ0v) is 9.39. The lowest BCUT2D eigenvalue weighted by atomic mass is 10.5. The Hall–Kier alpha value is -1.17. The Morgan fingerprint density at radius 1 is 1.38 bits per heavy atom. The van der Waals surface area contributed by atoms with E-state index < -0.39 is 25.7 Å². The molecule has 92 valence electrons. The van der Waals surface area contributed by atoms with Crippen LogP contribution in [0.5, 0.6) is 0 Å². The van der Waals surface area contributed by atoms with Crippen LogP contribution in [0.1, 0.15) is 6.42 Å². The highest BCUT2D eigenvalue weighted by atomic mass is 31.2. The predicted molar refractivity (Wildman–Crippen MR) is 54.1 cm³/mol. The number of carbonyl (C=O) groups is 2. The van der Waals surface area contributed by atoms with E-state index in [2.05, 4.69) is 15.8 Å². The van der Waals surface area contributed by atoms with Crippen molar-refractivity contribution in [1.29, 1.82) is 0 Å². The molecule has 0 rings (SSSR count). The number of carboxylic acids is 1. The van der Waals surface area contributed by atoms with Crippen molar-refractivity contribution in [2.75, 3.05) is 19.4 Å². The van der Waals surface area contributed by atoms with E-state index in [4.69, 9.17) is 10.00 Å². The lowest BCUT2D eigenvalue weighted by molar-refractivity contribution is -0.138. The summed E-state index contributed by atoms with van der Waals surface area (Å²) in [4.78, 5) is 29.7. The molecule has 0 amide bonds. The maximum absolute atomic E-state index is 11.0. The lowest BCUT2D eigenvalue weighted by Crippen LogP contribution is -2.08. The van der Waals surface area contributed by atoms with Crippen molar-refractivity contribution in [3.8, 4) is 0 Å². The molecule has 1 unspecified atom stereocenters. The van der Waals surface area contributed by atoms with E-state index in [9.17, 15) is 14.2 Å². The fourth-order valence-corrected chi connectivity index (χ4v) is 1.56. The summed E-state index contributed by atoms with van der Waals surface area (Å²) in [5.41, 5.74) is 0. The maximum Gasteiger partial charge on any atom is 0.339 e. The van der Waals surface area contributed by atoms with Gasteiger partial charge in [-0.05, 0) is 0 Å². The molecule has 0 heterocycles. The first kappa shape index (κ1) is 14.8. The number of carboxylic acid groups (broad SMARTS) is 1. The number of esters is 1. The number of hydrogen-bond donors (Lipinski definition) is 2. The fraction of sp³-hybridized carbons (Fsp3) is 0.500. The topological polar surface area (TPSA) is 110 Å². The zero-order valence-electron chi connectivity index (χ0n) is 8.50. The Labute approximate surface area is 92.2 Å². The van der Waals surface area contributed by atoms with Crippen molar-refractivity contribution >= 4 is 19.5 Å². The van der Waals surface area contributed by atoms with Crippen molar-refractivity contribution in [1.82, 2.24) is 0 Å². The van der Waals surface area contributed by atoms with E-state index in [1.807, 2.05) is 0 Å². The molecule has 0 aromatic heterocycles. The summed E-state index contributed by atoms with van der Waals surface area (Å²) in [6.07, 6.45) is 0.241. The largest absolute Gasteiger partial charge is 0.481 e. The van der Waals surface area contributed by atoms with Gasteiger partial charge in [0.2, 0.25) is 0 Å². The molecule has 7 nitrogen and oxygen atoms in total. The number of ether oxygens (including phenoxy) is 1. The molecule has 0 aromatic carbocycles. The maximum atomic E-state index is 11.0. The minimum Gasteiger partial charge on any atom is -0.481 e. The second kappa shape index (κ2) is 7.16. The van der Waals surface area contributed by atoms with Crippen LogP contribution < -0.4 is 0 Å². The van der Waals surface area contributed by atoms with E-state index in [1.165, 1.54) is 0 Å². The highest BCUT2D eigenvalue weighted by Gasteiger charge is 2.23. The van der Waals surface area contributed by atoms with E-state index >= 15 is 0 Å². The molecular formula is C8H13O7P. The molecule has 16 heavy (non-hydrogen) atoms. The van der Waals surface area contributed by atoms with Gasteiger partial charge in [0.05, 0.1) is 13.2 Å². The van der Waals surface area contributed by atoms with Crippen molar-refractivity contribution in [3.05, 3.63) is 12.7 Å². The third-order valence-corrected chi connectivity index (χ3v) is 2.58. The highest BCUT2D eigenvalue weighted by Crippen LogP contribution is 2.41. The van der Waals surface area contributed by atoms with Gasteiger partial charge in [-0.25, -0.2) is 4.79 Å². The SMILES string of the molecule is C=CC(=O)OCCCOP(=O)(O)CC(=O)O. The molecule has 0 saturated heterocycles. The minimum absolute atomic E-state index is 0.0118. The van der Waals surface area contributed by atoms with Gasteiger partial charge >= 0.3 is 19.5 Å². The average Bonchev–Trinajstić information content (AvgIpc) is 2.14. The Balaban J connectivity index is 3.65. The molecule has 0 fully saturated rings. The van der Waals surface area contributed by atoms with E-state index in [0.717, 1.165) is 6.08 Å². The van der Waals surface area contributed by atoms with Gasteiger partial charge in [0.15, 0.2) is 0 Å². The Kier molecular flexibility index (Phi) is 6.64. The quantitative estimate of drug-likeness (QED) is 0.278. The molecule has 0 aliphatic rings. The number of aliphatic carboxylic acids is 1. The summed E-state index contributed by atoms with van der Waals surface area (Å²) in [6, 6.07) is 0. The van der Waals surface area contributed by atoms with Crippen molar-refractivity contribution < 1.29 is 33.4 Å². The molecule has 0 aromatic rings. The number of rotatable bonds is 8. The van der Waals surface area contributed by atoms with Crippen LogP contribution >= 0.6 is 7.60 Å². The van der Waals surface area contributed by atoms with Gasteiger partial charge in [-0.2, -0.15) is 0 Å². The average molecular weight is 252 g/mol. The Morgan fingerprint density at radius 3 is 2.50 bits per heavy atom. The molecule has 1 atom stereocenters. The van der Waals surface area contributed by atoms with Crippen molar-refractivity contribution in [2.45, 2.75) is 6.42 Å². The molecule has 0 spiro atoms. The van der Waals surface area contributed by atoms with Crippen molar-refractivity contribution in [3.63, 3.8) is 0 Å². The first-order chi connectivity index (χ1) is 7.37. The fourth-order valence-electron chi connectivity index (χ4n) is 0.714. The van der Waals surface area contributed by atoms with Crippen LogP contribution in [0.2, 0.25) is 0 Å². The summed E-state index contributed by atoms with van der Waals surface area (Å²) in [5, 5.41) is 8.26. The Morgan fingerprint density at radius 2 is 2.00 bits per heavy atom. The van der Waals surface area contributed by atoms with E-state index in [0.29, 0.717) is 0 Å². The predicted octanol–water partition coefficient (Wildman–Crippen LogP) is 0.392. The van der Waals surface area contributed by atoms with Crippen LogP contribution in [0.25, 0.3) is 0 Å². The molecule has 0 aliphatic carbocycles. The Bertz CT molecular complexity index is 312. The smallest absolute Gasteiger partial charge is 0.339 e. The van der Waals surface area contributed by atoms with Gasteiger partial charge in [-0.3, -0.25) is 9.36 Å². The summed E-state index contributed by atoms with van der Waals surface area (Å²) >= 11 is 0. The van der Waals surface area contributed by atoms with Crippen LogP contribution in [-0.4, -0.2) is 41.3 Å². The monoisotopic (exact) mass is 252 g/mol. The summed E-state index contributed by atoms with van der Waals surface area (Å²) in [5.74, 6) is -2.01. The third-order valence-electron chi connectivity index (χ3n) is 1.33. The standard InChI is InChI=1S/C8H13O7P/c1-2-8(11)14-4-3-5-15-16(12,13)6-7(9)10/h2H,1,3-6H2,(H,9,10)(H,12,13). The third kappa shape index (κ3) is 8.16. The molecule has 0 bridgehead atoms. The molecular weight excluding hydrogens is 239 g/mol.